The summed E-state index contributed by atoms with van der Waals surface area (Å²) in [6, 6.07) is 11.3. The number of ether oxygens (including phenoxy) is 2. The predicted molar refractivity (Wildman–Crippen MR) is 172 cm³/mol. The maximum atomic E-state index is 12.4. The first-order valence-electron chi connectivity index (χ1n) is 14.4. The average Bonchev–Trinajstić information content (AvgIpc) is 3.57. The number of amides is 2. The van der Waals surface area contributed by atoms with Crippen LogP contribution in [0.5, 0.6) is 0 Å². The number of benzene rings is 2. The van der Waals surface area contributed by atoms with Crippen molar-refractivity contribution in [2.75, 3.05) is 46.3 Å². The summed E-state index contributed by atoms with van der Waals surface area (Å²) in [7, 11) is 4.77. The van der Waals surface area contributed by atoms with Crippen molar-refractivity contribution in [1.82, 2.24) is 15.6 Å². The summed E-state index contributed by atoms with van der Waals surface area (Å²) in [6.45, 7) is 10.4. The highest BCUT2D eigenvalue weighted by atomic mass is 19.1. The van der Waals surface area contributed by atoms with Crippen LogP contribution in [-0.4, -0.2) is 93.1 Å². The molecule has 0 fully saturated rings. The van der Waals surface area contributed by atoms with Crippen LogP contribution < -0.4 is 16.0 Å². The number of hydrogen-bond acceptors (Lipinski definition) is 10. The molecule has 5 N–H and O–H groups in total. The molecular weight excluding hydrogens is 606 g/mol. The Labute approximate surface area is 269 Å². The van der Waals surface area contributed by atoms with Gasteiger partial charge in [-0.3, -0.25) is 9.59 Å². The fourth-order valence-corrected chi connectivity index (χ4v) is 3.28. The normalized spacial score (nSPS) is 11.5. The Morgan fingerprint density at radius 3 is 2.02 bits per heavy atom. The van der Waals surface area contributed by atoms with Crippen LogP contribution in [0, 0.1) is 18.6 Å². The van der Waals surface area contributed by atoms with Crippen LogP contribution in [-0.2, 0) is 14.3 Å². The third kappa shape index (κ3) is 18.5. The summed E-state index contributed by atoms with van der Waals surface area (Å²) in [6.07, 6.45) is -1.21. The molecule has 2 aromatic carbocycles. The lowest BCUT2D eigenvalue weighted by atomic mass is 10.0. The predicted octanol–water partition coefficient (Wildman–Crippen LogP) is 3.77. The highest BCUT2D eigenvalue weighted by Crippen LogP contribution is 2.09. The molecule has 2 amide bonds. The highest BCUT2D eigenvalue weighted by Gasteiger charge is 2.28. The lowest BCUT2D eigenvalue weighted by molar-refractivity contribution is -0.0980. The van der Waals surface area contributed by atoms with Gasteiger partial charge in [-0.05, 0) is 50.1 Å². The molecule has 3 atom stereocenters. The van der Waals surface area contributed by atoms with Crippen LogP contribution in [0.2, 0.25) is 0 Å². The van der Waals surface area contributed by atoms with Crippen LogP contribution >= 0.6 is 0 Å². The van der Waals surface area contributed by atoms with E-state index in [-0.39, 0.29) is 37.2 Å². The molecule has 1 heterocycles. The topological polar surface area (TPSA) is 172 Å². The number of methoxy groups -OCH3 is 2. The Morgan fingerprint density at radius 2 is 1.57 bits per heavy atom. The van der Waals surface area contributed by atoms with Crippen molar-refractivity contribution in [3.63, 3.8) is 0 Å². The molecule has 0 saturated heterocycles. The number of oxazole rings is 1. The number of carbonyl (C=O) groups is 3. The molecular formula is C32H48F2N4O8. The number of aryl methyl sites for hydroxylation is 1. The Hall–Kier alpha value is -4.24. The van der Waals surface area contributed by atoms with E-state index in [0.717, 1.165) is 12.7 Å². The number of aliphatic hydroxyl groups is 2. The van der Waals surface area contributed by atoms with Crippen molar-refractivity contribution in [3.8, 4) is 0 Å². The molecule has 0 radical (unpaired) electrons. The molecule has 3 unspecified atom stereocenters. The minimum atomic E-state index is -1.33. The van der Waals surface area contributed by atoms with E-state index in [9.17, 15) is 28.6 Å². The van der Waals surface area contributed by atoms with E-state index in [1.54, 1.807) is 51.4 Å². The zero-order chi connectivity index (χ0) is 35.5. The quantitative estimate of drug-likeness (QED) is 0.194. The lowest BCUT2D eigenvalue weighted by Gasteiger charge is -2.27. The van der Waals surface area contributed by atoms with E-state index in [4.69, 9.17) is 13.9 Å². The standard InChI is InChI=1S/C19H26N4O6.C7H6F2.C3H8O.C2H6.CH2O/c1-20-19-23-14(11-29-19)18(27)21-10-15(24)16(25)13(8-9-28-2)22-17(26)12-6-4-3-5-7-12;1-5-2-6(8)4-7(9)3-5;1-3-4-2;2*1-2/h3-7,11,13,15-16,24-25H,8-10H2,1-2H3,(H,20,23)(H,21,27)(H,22,26);2-4H,1H3;3H2,1-2H3;1-2H3;1H2. The minimum Gasteiger partial charge on any atom is -0.431 e. The number of nitrogens with one attached hydrogen (secondary N) is 3. The van der Waals surface area contributed by atoms with Crippen molar-refractivity contribution in [1.29, 1.82) is 0 Å². The molecule has 0 bridgehead atoms. The summed E-state index contributed by atoms with van der Waals surface area (Å²) in [4.78, 5) is 36.3. The van der Waals surface area contributed by atoms with Gasteiger partial charge >= 0.3 is 0 Å². The minimum absolute atomic E-state index is 0.0318. The molecule has 1 aromatic heterocycles. The smallest absolute Gasteiger partial charge is 0.294 e. The second-order valence-corrected chi connectivity index (χ2v) is 8.81. The summed E-state index contributed by atoms with van der Waals surface area (Å²) in [5.74, 6) is -1.99. The molecule has 12 nitrogen and oxygen atoms in total. The van der Waals surface area contributed by atoms with E-state index in [2.05, 4.69) is 25.7 Å². The lowest BCUT2D eigenvalue weighted by Crippen LogP contribution is -2.52. The van der Waals surface area contributed by atoms with Crippen LogP contribution in [0.3, 0.4) is 0 Å². The van der Waals surface area contributed by atoms with Gasteiger partial charge in [-0.1, -0.05) is 32.0 Å². The number of hydrogen-bond donors (Lipinski definition) is 5. The molecule has 258 valence electrons. The molecule has 0 saturated carbocycles. The molecule has 0 aliphatic carbocycles. The first-order valence-corrected chi connectivity index (χ1v) is 14.4. The van der Waals surface area contributed by atoms with Gasteiger partial charge in [0.05, 0.1) is 12.1 Å². The van der Waals surface area contributed by atoms with E-state index < -0.39 is 35.8 Å². The van der Waals surface area contributed by atoms with Gasteiger partial charge in [0.15, 0.2) is 5.69 Å². The Kier molecular flexibility index (Phi) is 25.9. The van der Waals surface area contributed by atoms with Crippen LogP contribution in [0.4, 0.5) is 14.8 Å². The number of nitrogens with zero attached hydrogens (tertiary/aromatic N) is 1. The summed E-state index contributed by atoms with van der Waals surface area (Å²) in [5.41, 5.74) is 1.06. The maximum Gasteiger partial charge on any atom is 0.294 e. The van der Waals surface area contributed by atoms with E-state index in [1.807, 2.05) is 27.6 Å². The number of rotatable bonds is 12. The SMILES string of the molecule is C=O.CC.CCOC.CNc1nc(C(=O)NCC(O)C(O)C(CCOC)NC(=O)c2ccccc2)co1.Cc1cc(F)cc(F)c1. The Balaban J connectivity index is 0. The van der Waals surface area contributed by atoms with Crippen molar-refractivity contribution in [2.45, 2.75) is 52.4 Å². The number of halogens is 2. The molecule has 3 rings (SSSR count). The molecule has 0 spiro atoms. The Bertz CT molecular complexity index is 1170. The average molecular weight is 655 g/mol. The van der Waals surface area contributed by atoms with Crippen molar-refractivity contribution < 1.29 is 47.3 Å². The van der Waals surface area contributed by atoms with Crippen molar-refractivity contribution in [2.24, 2.45) is 0 Å². The number of aromatic nitrogens is 1. The van der Waals surface area contributed by atoms with E-state index >= 15 is 0 Å². The van der Waals surface area contributed by atoms with Gasteiger partial charge < -0.3 is 44.8 Å². The van der Waals surface area contributed by atoms with Gasteiger partial charge in [0.1, 0.15) is 30.8 Å². The fraction of sp³-hybridized carbons (Fsp3) is 0.438. The molecule has 14 heteroatoms. The third-order valence-electron chi connectivity index (χ3n) is 5.51. The molecule has 0 aliphatic heterocycles. The van der Waals surface area contributed by atoms with Crippen molar-refractivity contribution in [3.05, 3.63) is 83.2 Å². The number of carbonyl (C=O) groups excluding carboxylic acids is 3. The second-order valence-electron chi connectivity index (χ2n) is 8.81. The van der Waals surface area contributed by atoms with Gasteiger partial charge in [-0.25, -0.2) is 8.78 Å². The number of anilines is 1. The van der Waals surface area contributed by atoms with Gasteiger partial charge in [0.25, 0.3) is 17.8 Å². The highest BCUT2D eigenvalue weighted by molar-refractivity contribution is 5.94. The van der Waals surface area contributed by atoms with Gasteiger partial charge in [-0.2, -0.15) is 4.98 Å². The zero-order valence-corrected chi connectivity index (χ0v) is 27.5. The molecule has 0 aliphatic rings. The van der Waals surface area contributed by atoms with E-state index in [0.29, 0.717) is 11.1 Å². The number of aliphatic hydroxyl groups excluding tert-OH is 2. The van der Waals surface area contributed by atoms with E-state index in [1.165, 1.54) is 25.5 Å². The molecule has 3 aromatic rings. The summed E-state index contributed by atoms with van der Waals surface area (Å²) < 4.78 is 38.9. The first kappa shape index (κ1) is 43.9. The Morgan fingerprint density at radius 1 is 1.00 bits per heavy atom. The maximum absolute atomic E-state index is 12.4. The zero-order valence-electron chi connectivity index (χ0n) is 27.5. The van der Waals surface area contributed by atoms with Crippen LogP contribution in [0.15, 0.2) is 59.2 Å². The van der Waals surface area contributed by atoms with Crippen molar-refractivity contribution >= 4 is 24.6 Å². The summed E-state index contributed by atoms with van der Waals surface area (Å²) >= 11 is 0. The third-order valence-corrected chi connectivity index (χ3v) is 5.51. The van der Waals surface area contributed by atoms with Crippen LogP contribution in [0.25, 0.3) is 0 Å². The van der Waals surface area contributed by atoms with Gasteiger partial charge in [0.2, 0.25) is 0 Å². The summed E-state index contributed by atoms with van der Waals surface area (Å²) in [5, 5.41) is 28.6. The second kappa shape index (κ2) is 27.1. The van der Waals surface area contributed by atoms with Crippen LogP contribution in [0.1, 0.15) is 53.6 Å². The van der Waals surface area contributed by atoms with Gasteiger partial charge in [0, 0.05) is 52.7 Å². The largest absolute Gasteiger partial charge is 0.431 e. The fourth-order valence-electron chi connectivity index (χ4n) is 3.28. The monoisotopic (exact) mass is 654 g/mol. The molecule has 46 heavy (non-hydrogen) atoms. The van der Waals surface area contributed by atoms with Gasteiger partial charge in [-0.15, -0.1) is 0 Å². The first-order chi connectivity index (χ1) is 22.1.